The summed E-state index contributed by atoms with van der Waals surface area (Å²) in [5.74, 6) is 1.72. The highest BCUT2D eigenvalue weighted by atomic mass is 16.5. The summed E-state index contributed by atoms with van der Waals surface area (Å²) < 4.78 is 13.9. The molecule has 8 heteroatoms. The van der Waals surface area contributed by atoms with Crippen LogP contribution in [0.25, 0.3) is 17.4 Å². The zero-order valence-electron chi connectivity index (χ0n) is 15.0. The molecule has 0 aromatic carbocycles. The van der Waals surface area contributed by atoms with Gasteiger partial charge < -0.3 is 9.15 Å². The molecule has 0 spiro atoms. The quantitative estimate of drug-likeness (QED) is 0.700. The molecule has 1 fully saturated rings. The third-order valence-electron chi connectivity index (χ3n) is 4.90. The number of hydrogen-bond acceptors (Lipinski definition) is 7. The normalized spacial score (nSPS) is 21.8. The third kappa shape index (κ3) is 2.36. The molecule has 0 aliphatic carbocycles. The third-order valence-corrected chi connectivity index (χ3v) is 4.90. The zero-order valence-corrected chi connectivity index (χ0v) is 15.0. The lowest BCUT2D eigenvalue weighted by atomic mass is 9.97. The van der Waals surface area contributed by atoms with Crippen LogP contribution in [-0.4, -0.2) is 36.0 Å². The minimum atomic E-state index is -0.207. The van der Waals surface area contributed by atoms with Crippen LogP contribution in [0.4, 0.5) is 0 Å². The van der Waals surface area contributed by atoms with Crippen LogP contribution in [0.2, 0.25) is 0 Å². The van der Waals surface area contributed by atoms with Crippen LogP contribution < -0.4 is 0 Å². The van der Waals surface area contributed by atoms with Crippen molar-refractivity contribution in [3.8, 4) is 17.4 Å². The first-order valence-corrected chi connectivity index (χ1v) is 8.88. The van der Waals surface area contributed by atoms with Crippen molar-refractivity contribution in [2.24, 2.45) is 0 Å². The Bertz CT molecular complexity index is 956. The second-order valence-corrected chi connectivity index (χ2v) is 7.88. The Morgan fingerprint density at radius 2 is 2.04 bits per heavy atom. The molecule has 3 aromatic rings. The topological polar surface area (TPSA) is 91.8 Å². The fraction of sp³-hybridized carbons (Fsp3) is 0.500. The van der Waals surface area contributed by atoms with Crippen LogP contribution >= 0.6 is 0 Å². The van der Waals surface area contributed by atoms with Crippen molar-refractivity contribution in [3.05, 3.63) is 35.7 Å². The predicted molar refractivity (Wildman–Crippen MR) is 91.7 cm³/mol. The highest BCUT2D eigenvalue weighted by Crippen LogP contribution is 2.44. The van der Waals surface area contributed by atoms with Crippen LogP contribution in [0.5, 0.6) is 0 Å². The van der Waals surface area contributed by atoms with E-state index in [9.17, 15) is 0 Å². The fourth-order valence-corrected chi connectivity index (χ4v) is 3.65. The van der Waals surface area contributed by atoms with E-state index in [4.69, 9.17) is 14.3 Å². The molecule has 5 rings (SSSR count). The number of aromatic nitrogens is 6. The lowest BCUT2D eigenvalue weighted by Crippen LogP contribution is -2.19. The summed E-state index contributed by atoms with van der Waals surface area (Å²) >= 11 is 0. The Hall–Kier alpha value is -2.61. The number of hydrogen-bond donors (Lipinski definition) is 0. The van der Waals surface area contributed by atoms with Gasteiger partial charge in [0.15, 0.2) is 11.5 Å². The number of nitrogens with zero attached hydrogens (tertiary/aromatic N) is 6. The van der Waals surface area contributed by atoms with Crippen molar-refractivity contribution in [1.29, 1.82) is 0 Å². The Labute approximate surface area is 150 Å². The maximum atomic E-state index is 6.12. The first-order valence-electron chi connectivity index (χ1n) is 8.88. The van der Waals surface area contributed by atoms with Gasteiger partial charge in [0.25, 0.3) is 5.89 Å². The summed E-state index contributed by atoms with van der Waals surface area (Å²) in [4.78, 5) is 8.58. The van der Waals surface area contributed by atoms with Crippen molar-refractivity contribution in [1.82, 2.24) is 29.9 Å². The molecule has 8 nitrogen and oxygen atoms in total. The molecule has 2 unspecified atom stereocenters. The van der Waals surface area contributed by atoms with Gasteiger partial charge in [-0.25, -0.2) is 9.67 Å². The monoisotopic (exact) mass is 352 g/mol. The maximum Gasteiger partial charge on any atom is 0.268 e. The van der Waals surface area contributed by atoms with E-state index in [1.165, 1.54) is 0 Å². The van der Waals surface area contributed by atoms with Crippen LogP contribution in [0.1, 0.15) is 56.9 Å². The van der Waals surface area contributed by atoms with Crippen LogP contribution in [0, 0.1) is 0 Å². The molecule has 2 aliphatic rings. The Morgan fingerprint density at radius 1 is 1.15 bits per heavy atom. The van der Waals surface area contributed by atoms with Gasteiger partial charge >= 0.3 is 0 Å². The number of fused-ring (bicyclic) bond motifs is 4. The minimum Gasteiger partial charge on any atom is -0.419 e. The van der Waals surface area contributed by atoms with Crippen molar-refractivity contribution in [2.45, 2.75) is 57.7 Å². The van der Waals surface area contributed by atoms with E-state index in [-0.39, 0.29) is 17.6 Å². The SMILES string of the molecule is CC(C)(C)c1nnc(-c2nn(-c3cnccn3)c3c2CC2CCC3O2)o1. The Kier molecular flexibility index (Phi) is 3.27. The van der Waals surface area contributed by atoms with Gasteiger partial charge in [0.05, 0.1) is 18.0 Å². The van der Waals surface area contributed by atoms with E-state index >= 15 is 0 Å². The van der Waals surface area contributed by atoms with Crippen molar-refractivity contribution < 1.29 is 9.15 Å². The molecule has 26 heavy (non-hydrogen) atoms. The molecule has 2 bridgehead atoms. The second-order valence-electron chi connectivity index (χ2n) is 7.88. The standard InChI is InChI=1S/C18H20N6O2/c1-18(2,3)17-22-21-16(26-17)14-11-8-10-4-5-12(25-10)15(11)24(23-14)13-9-19-6-7-20-13/h6-7,9-10,12H,4-5,8H2,1-3H3. The molecule has 5 heterocycles. The van der Waals surface area contributed by atoms with Gasteiger partial charge in [-0.05, 0) is 12.8 Å². The van der Waals surface area contributed by atoms with Gasteiger partial charge in [-0.2, -0.15) is 5.10 Å². The highest BCUT2D eigenvalue weighted by Gasteiger charge is 2.40. The predicted octanol–water partition coefficient (Wildman–Crippen LogP) is 2.79. The summed E-state index contributed by atoms with van der Waals surface area (Å²) in [5, 5.41) is 13.3. The fourth-order valence-electron chi connectivity index (χ4n) is 3.65. The second kappa shape index (κ2) is 5.44. The Morgan fingerprint density at radius 3 is 2.77 bits per heavy atom. The molecule has 2 atom stereocenters. The zero-order chi connectivity index (χ0) is 17.9. The van der Waals surface area contributed by atoms with Gasteiger partial charge in [-0.15, -0.1) is 10.2 Å². The molecular weight excluding hydrogens is 332 g/mol. The van der Waals surface area contributed by atoms with E-state index in [2.05, 4.69) is 20.2 Å². The highest BCUT2D eigenvalue weighted by molar-refractivity contribution is 5.57. The molecule has 1 saturated heterocycles. The van der Waals surface area contributed by atoms with Crippen LogP contribution in [0.3, 0.4) is 0 Å². The number of rotatable bonds is 2. The summed E-state index contributed by atoms with van der Waals surface area (Å²) in [7, 11) is 0. The average molecular weight is 352 g/mol. The molecule has 0 N–H and O–H groups in total. The molecule has 0 amide bonds. The average Bonchev–Trinajstić information content (AvgIpc) is 3.33. The molecule has 0 radical (unpaired) electrons. The molecular formula is C18H20N6O2. The van der Waals surface area contributed by atoms with E-state index in [1.54, 1.807) is 18.6 Å². The first kappa shape index (κ1) is 15.6. The van der Waals surface area contributed by atoms with Gasteiger partial charge in [0.1, 0.15) is 6.10 Å². The van der Waals surface area contributed by atoms with Crippen molar-refractivity contribution in [2.75, 3.05) is 0 Å². The molecule has 3 aromatic heterocycles. The van der Waals surface area contributed by atoms with Crippen LogP contribution in [0.15, 0.2) is 23.0 Å². The lowest BCUT2D eigenvalue weighted by molar-refractivity contribution is 0.0287. The van der Waals surface area contributed by atoms with Gasteiger partial charge in [0.2, 0.25) is 5.89 Å². The number of ether oxygens (including phenoxy) is 1. The summed E-state index contributed by atoms with van der Waals surface area (Å²) in [6.07, 6.45) is 8.11. The largest absolute Gasteiger partial charge is 0.419 e. The minimum absolute atomic E-state index is 0.0250. The van der Waals surface area contributed by atoms with Crippen molar-refractivity contribution in [3.63, 3.8) is 0 Å². The molecule has 0 saturated carbocycles. The smallest absolute Gasteiger partial charge is 0.268 e. The maximum absolute atomic E-state index is 6.12. The summed E-state index contributed by atoms with van der Waals surface area (Å²) in [6.45, 7) is 6.14. The summed E-state index contributed by atoms with van der Waals surface area (Å²) in [6, 6.07) is 0. The lowest BCUT2D eigenvalue weighted by Gasteiger charge is -2.22. The van der Waals surface area contributed by atoms with E-state index in [0.717, 1.165) is 36.2 Å². The van der Waals surface area contributed by atoms with E-state index in [1.807, 2.05) is 25.5 Å². The van der Waals surface area contributed by atoms with Gasteiger partial charge in [-0.3, -0.25) is 4.98 Å². The van der Waals surface area contributed by atoms with Gasteiger partial charge in [-0.1, -0.05) is 20.8 Å². The van der Waals surface area contributed by atoms with Gasteiger partial charge in [0, 0.05) is 29.8 Å². The van der Waals surface area contributed by atoms with Crippen molar-refractivity contribution >= 4 is 0 Å². The molecule has 2 aliphatic heterocycles. The molecule has 134 valence electrons. The van der Waals surface area contributed by atoms with E-state index < -0.39 is 0 Å². The van der Waals surface area contributed by atoms with E-state index in [0.29, 0.717) is 17.6 Å². The van der Waals surface area contributed by atoms with Crippen LogP contribution in [-0.2, 0) is 16.6 Å². The first-order chi connectivity index (χ1) is 12.5. The summed E-state index contributed by atoms with van der Waals surface area (Å²) in [5.41, 5.74) is 2.68. The Balaban J connectivity index is 1.69.